The van der Waals surface area contributed by atoms with Gasteiger partial charge in [-0.25, -0.2) is 4.98 Å². The Hall–Kier alpha value is -3.86. The first-order valence-corrected chi connectivity index (χ1v) is 10.2. The molecule has 0 aliphatic carbocycles. The van der Waals surface area contributed by atoms with E-state index < -0.39 is 0 Å². The lowest BCUT2D eigenvalue weighted by molar-refractivity contribution is -0.132. The molecule has 1 unspecified atom stereocenters. The van der Waals surface area contributed by atoms with Gasteiger partial charge >= 0.3 is 0 Å². The van der Waals surface area contributed by atoms with Crippen LogP contribution in [0.2, 0.25) is 0 Å². The van der Waals surface area contributed by atoms with Crippen molar-refractivity contribution in [2.75, 3.05) is 7.05 Å². The van der Waals surface area contributed by atoms with E-state index in [9.17, 15) is 4.79 Å². The van der Waals surface area contributed by atoms with E-state index in [1.165, 1.54) is 0 Å². The van der Waals surface area contributed by atoms with Gasteiger partial charge in [-0.3, -0.25) is 4.79 Å². The van der Waals surface area contributed by atoms with Gasteiger partial charge in [-0.2, -0.15) is 0 Å². The largest absolute Gasteiger partial charge is 0.489 e. The van der Waals surface area contributed by atoms with E-state index in [-0.39, 0.29) is 18.5 Å². The monoisotopic (exact) mass is 411 g/mol. The van der Waals surface area contributed by atoms with Crippen molar-refractivity contribution in [3.63, 3.8) is 0 Å². The van der Waals surface area contributed by atoms with E-state index in [1.807, 2.05) is 92.0 Å². The summed E-state index contributed by atoms with van der Waals surface area (Å²) in [7, 11) is 1.84. The first kappa shape index (κ1) is 20.4. The number of hydrogen-bond donors (Lipinski definition) is 0. The lowest BCUT2D eigenvalue weighted by Gasteiger charge is -2.29. The summed E-state index contributed by atoms with van der Waals surface area (Å²) in [6, 6.07) is 27.9. The van der Waals surface area contributed by atoms with Crippen LogP contribution in [0.4, 0.5) is 0 Å². The number of hydrogen-bond acceptors (Lipinski definition) is 3. The Bertz CT molecular complexity index is 1080. The number of carbonyl (C=O) groups excluding carboxylic acids is 1. The Balaban J connectivity index is 1.53. The Morgan fingerprint density at radius 3 is 2.23 bits per heavy atom. The number of rotatable bonds is 8. The molecule has 0 fully saturated rings. The van der Waals surface area contributed by atoms with Crippen LogP contribution in [-0.4, -0.2) is 27.4 Å². The van der Waals surface area contributed by atoms with Crippen molar-refractivity contribution in [3.05, 3.63) is 120 Å². The normalized spacial score (nSPS) is 11.6. The molecule has 0 aliphatic rings. The molecule has 0 spiro atoms. The van der Waals surface area contributed by atoms with E-state index >= 15 is 0 Å². The minimum Gasteiger partial charge on any atom is -0.489 e. The fraction of sp³-hybridized carbons (Fsp3) is 0.154. The third kappa shape index (κ3) is 5.20. The maximum atomic E-state index is 13.0. The summed E-state index contributed by atoms with van der Waals surface area (Å²) in [5.41, 5.74) is 3.21. The topological polar surface area (TPSA) is 47.4 Å². The molecule has 0 bridgehead atoms. The summed E-state index contributed by atoms with van der Waals surface area (Å²) in [4.78, 5) is 18.8. The second-order valence-electron chi connectivity index (χ2n) is 7.40. The van der Waals surface area contributed by atoms with Crippen molar-refractivity contribution < 1.29 is 9.53 Å². The molecule has 5 heteroatoms. The highest BCUT2D eigenvalue weighted by Crippen LogP contribution is 2.29. The Kier molecular flexibility index (Phi) is 6.43. The summed E-state index contributed by atoms with van der Waals surface area (Å²) in [6.45, 7) is 0.768. The number of carbonyl (C=O) groups is 1. The van der Waals surface area contributed by atoms with Crippen molar-refractivity contribution in [2.45, 2.75) is 19.2 Å². The van der Waals surface area contributed by atoms with Gasteiger partial charge in [0.1, 0.15) is 18.9 Å². The molecular weight excluding hydrogens is 386 g/mol. The highest BCUT2D eigenvalue weighted by Gasteiger charge is 2.23. The predicted molar refractivity (Wildman–Crippen MR) is 120 cm³/mol. The SMILES string of the molecule is CN(C(=O)Cn1ccnc1)C(c1ccccc1)c1ccc(OCc2ccccc2)cc1. The number of amides is 1. The molecule has 31 heavy (non-hydrogen) atoms. The minimum atomic E-state index is -0.194. The fourth-order valence-corrected chi connectivity index (χ4v) is 3.55. The van der Waals surface area contributed by atoms with Crippen molar-refractivity contribution in [2.24, 2.45) is 0 Å². The van der Waals surface area contributed by atoms with Crippen LogP contribution in [0.15, 0.2) is 104 Å². The van der Waals surface area contributed by atoms with Gasteiger partial charge in [-0.05, 0) is 28.8 Å². The Morgan fingerprint density at radius 1 is 0.935 bits per heavy atom. The molecule has 4 rings (SSSR count). The van der Waals surface area contributed by atoms with Crippen molar-refractivity contribution >= 4 is 5.91 Å². The first-order chi connectivity index (χ1) is 15.2. The van der Waals surface area contributed by atoms with Crippen LogP contribution in [0.1, 0.15) is 22.7 Å². The fourth-order valence-electron chi connectivity index (χ4n) is 3.55. The summed E-state index contributed by atoms with van der Waals surface area (Å²) in [5.74, 6) is 0.808. The molecule has 1 atom stereocenters. The number of imidazole rings is 1. The van der Waals surface area contributed by atoms with Crippen LogP contribution < -0.4 is 4.74 Å². The van der Waals surface area contributed by atoms with Gasteiger partial charge in [0, 0.05) is 19.4 Å². The molecular formula is C26H25N3O2. The van der Waals surface area contributed by atoms with Crippen molar-refractivity contribution in [3.8, 4) is 5.75 Å². The molecule has 0 radical (unpaired) electrons. The predicted octanol–water partition coefficient (Wildman–Crippen LogP) is 4.71. The second-order valence-corrected chi connectivity index (χ2v) is 7.40. The Morgan fingerprint density at radius 2 is 1.58 bits per heavy atom. The van der Waals surface area contributed by atoms with Crippen LogP contribution in [-0.2, 0) is 17.9 Å². The molecule has 5 nitrogen and oxygen atoms in total. The van der Waals surface area contributed by atoms with Gasteiger partial charge in [-0.15, -0.1) is 0 Å². The molecule has 0 saturated heterocycles. The lowest BCUT2D eigenvalue weighted by atomic mass is 9.97. The van der Waals surface area contributed by atoms with Gasteiger partial charge in [-0.1, -0.05) is 72.8 Å². The van der Waals surface area contributed by atoms with E-state index in [1.54, 1.807) is 28.2 Å². The third-order valence-corrected chi connectivity index (χ3v) is 5.22. The highest BCUT2D eigenvalue weighted by molar-refractivity contribution is 5.76. The maximum Gasteiger partial charge on any atom is 0.243 e. The summed E-state index contributed by atoms with van der Waals surface area (Å²) in [6.07, 6.45) is 5.13. The number of likely N-dealkylation sites (N-methyl/N-ethyl adjacent to an activating group) is 1. The van der Waals surface area contributed by atoms with E-state index in [0.29, 0.717) is 6.61 Å². The maximum absolute atomic E-state index is 13.0. The molecule has 0 saturated carbocycles. The smallest absolute Gasteiger partial charge is 0.243 e. The first-order valence-electron chi connectivity index (χ1n) is 10.2. The molecule has 0 N–H and O–H groups in total. The van der Waals surface area contributed by atoms with Gasteiger partial charge in [0.15, 0.2) is 0 Å². The highest BCUT2D eigenvalue weighted by atomic mass is 16.5. The van der Waals surface area contributed by atoms with Crippen molar-refractivity contribution in [1.29, 1.82) is 0 Å². The molecule has 1 amide bonds. The second kappa shape index (κ2) is 9.76. The zero-order chi connectivity index (χ0) is 21.5. The third-order valence-electron chi connectivity index (χ3n) is 5.22. The van der Waals surface area contributed by atoms with Gasteiger partial charge in [0.05, 0.1) is 12.4 Å². The average Bonchev–Trinajstić information content (AvgIpc) is 3.33. The van der Waals surface area contributed by atoms with E-state index in [0.717, 1.165) is 22.4 Å². The quantitative estimate of drug-likeness (QED) is 0.422. The van der Waals surface area contributed by atoms with Gasteiger partial charge in [0.2, 0.25) is 5.91 Å². The number of benzene rings is 3. The summed E-state index contributed by atoms with van der Waals surface area (Å²) < 4.78 is 7.70. The van der Waals surface area contributed by atoms with Crippen LogP contribution in [0, 0.1) is 0 Å². The van der Waals surface area contributed by atoms with Crippen LogP contribution >= 0.6 is 0 Å². The van der Waals surface area contributed by atoms with E-state index in [2.05, 4.69) is 4.98 Å². The van der Waals surface area contributed by atoms with Crippen LogP contribution in [0.3, 0.4) is 0 Å². The molecule has 4 aromatic rings. The van der Waals surface area contributed by atoms with E-state index in [4.69, 9.17) is 4.74 Å². The molecule has 1 heterocycles. The summed E-state index contributed by atoms with van der Waals surface area (Å²) in [5, 5.41) is 0. The van der Waals surface area contributed by atoms with Gasteiger partial charge in [0.25, 0.3) is 0 Å². The standard InChI is InChI=1S/C26H25N3O2/c1-28(25(30)18-29-17-16-27-20-29)26(22-10-6-3-7-11-22)23-12-14-24(15-13-23)31-19-21-8-4-2-5-9-21/h2-17,20,26H,18-19H2,1H3. The van der Waals surface area contributed by atoms with Crippen LogP contribution in [0.25, 0.3) is 0 Å². The lowest BCUT2D eigenvalue weighted by Crippen LogP contribution is -2.34. The van der Waals surface area contributed by atoms with Gasteiger partial charge < -0.3 is 14.2 Å². The molecule has 0 aliphatic heterocycles. The van der Waals surface area contributed by atoms with Crippen LogP contribution in [0.5, 0.6) is 5.75 Å². The van der Waals surface area contributed by atoms with Crippen molar-refractivity contribution in [1.82, 2.24) is 14.5 Å². The minimum absolute atomic E-state index is 0.0104. The molecule has 3 aromatic carbocycles. The molecule has 156 valence electrons. The number of nitrogens with zero attached hydrogens (tertiary/aromatic N) is 3. The zero-order valence-corrected chi connectivity index (χ0v) is 17.5. The summed E-state index contributed by atoms with van der Waals surface area (Å²) >= 11 is 0. The number of ether oxygens (including phenoxy) is 1. The zero-order valence-electron chi connectivity index (χ0n) is 17.5. The number of aromatic nitrogens is 2. The Labute approximate surface area is 182 Å². The molecule has 1 aromatic heterocycles. The average molecular weight is 412 g/mol.